The highest BCUT2D eigenvalue weighted by Gasteiger charge is 2.33. The number of fused-ring (bicyclic) bond motifs is 5. The molecule has 5 aliphatic rings. The number of phenolic OH excluding ortho intramolecular Hbond substituents is 2. The molecule has 2 saturated heterocycles. The van der Waals surface area contributed by atoms with Gasteiger partial charge in [0.25, 0.3) is 0 Å². The zero-order chi connectivity index (χ0) is 92.1. The number of phenols is 2. The molecule has 10 aromatic heterocycles. The number of rotatable bonds is 21. The van der Waals surface area contributed by atoms with E-state index in [-0.39, 0.29) is 91.9 Å². The topological polar surface area (TPSA) is 473 Å². The number of methoxy groups -OCH3 is 1. The molecule has 5 fully saturated rings. The minimum absolute atomic E-state index is 0.0829. The van der Waals surface area contributed by atoms with Gasteiger partial charge in [-0.3, -0.25) is 24.0 Å². The van der Waals surface area contributed by atoms with Crippen molar-refractivity contribution >= 4 is 241 Å². The summed E-state index contributed by atoms with van der Waals surface area (Å²) in [5.41, 5.74) is 36.7. The van der Waals surface area contributed by atoms with E-state index in [0.29, 0.717) is 204 Å². The van der Waals surface area contributed by atoms with Gasteiger partial charge in [-0.1, -0.05) is 64.6 Å². The molecule has 670 valence electrons. The highest BCUT2D eigenvalue weighted by Crippen LogP contribution is 2.48. The molecule has 2 aliphatic heterocycles. The van der Waals surface area contributed by atoms with Crippen molar-refractivity contribution in [2.24, 2.45) is 0 Å². The van der Waals surface area contributed by atoms with Crippen LogP contribution in [-0.2, 0) is 9.47 Å². The first kappa shape index (κ1) is 91.2. The standard InChI is InChI=1S/2C18H16Cl2N4O2S.C18H17FN4O2S.2C17H15FN4O2S/c2*1-8(25)16-14(21)13-15(9-2-3-11(19)12(20)6-9)23-18(24-17(13)27-16)22-10-4-5-26-7-10;1-8(24)16-14(20)13-15(11-7-10(25-2)5-6-12(11)19)22-18(21-9-3-4-9)23-17(13)26-16;1-7(23)15-13(19)12-14(10-6-9(24)4-5-11(10)18)21-17(20-8-2-3-8)22-16(12)25-15;1-7(23)15-13(19)11-14(9-3-2-4-10(24)12(9)18)21-17(20-8-5-6-8)22-16(11)25-15/h2*2-3,6,10H,4-5,7,21H2,1H3,(H,22,23,24);5-7,9H,3-4,20H2,1-2H3,(H,21,22,23);4-6,8,24H,2-3,19H2,1H3,(H,20,21,22);2-4,8,24H,5-6,19H2,1H3,(H,20,21,22)/t2*10-;;;/m10.../s1. The van der Waals surface area contributed by atoms with Gasteiger partial charge in [0, 0.05) is 93.8 Å². The fourth-order valence-corrected chi connectivity index (χ4v) is 19.7. The molecule has 5 aromatic carbocycles. The molecule has 130 heavy (non-hydrogen) atoms. The van der Waals surface area contributed by atoms with Gasteiger partial charge >= 0.3 is 0 Å². The summed E-state index contributed by atoms with van der Waals surface area (Å²) in [4.78, 5) is 110. The molecule has 0 amide bonds. The van der Waals surface area contributed by atoms with Gasteiger partial charge < -0.3 is 79.7 Å². The van der Waals surface area contributed by atoms with Crippen LogP contribution < -0.4 is 60.0 Å². The predicted molar refractivity (Wildman–Crippen MR) is 512 cm³/mol. The number of nitrogens with two attached hydrogens (primary N) is 5. The van der Waals surface area contributed by atoms with Gasteiger partial charge in [0.05, 0.1) is 161 Å². The number of ketones is 5. The number of carbonyl (C=O) groups excluding carboxylic acids is 5. The minimum Gasteiger partial charge on any atom is -0.508 e. The van der Waals surface area contributed by atoms with E-state index in [1.807, 2.05) is 12.1 Å². The molecule has 20 rings (SSSR count). The maximum absolute atomic E-state index is 14.6. The average Bonchev–Trinajstić information content (AvgIpc) is 1.62. The Kier molecular flexibility index (Phi) is 26.8. The zero-order valence-electron chi connectivity index (χ0n) is 69.7. The Morgan fingerprint density at radius 1 is 0.385 bits per heavy atom. The molecule has 0 spiro atoms. The van der Waals surface area contributed by atoms with Crippen molar-refractivity contribution in [1.29, 1.82) is 0 Å². The summed E-state index contributed by atoms with van der Waals surface area (Å²) in [5.74, 6) is -0.458. The van der Waals surface area contributed by atoms with Crippen LogP contribution in [0.2, 0.25) is 20.1 Å². The Labute approximate surface area is 778 Å². The smallest absolute Gasteiger partial charge is 0.224 e. The lowest BCUT2D eigenvalue weighted by atomic mass is 10.1. The molecule has 17 N–H and O–H groups in total. The minimum atomic E-state index is -0.783. The Hall–Kier alpha value is -12.1. The molecular formula is C88H79Cl4F3N20O10S5. The number of Topliss-reactive ketones (excluding diaryl/α,β-unsaturated/α-hetero) is 5. The molecule has 15 aromatic rings. The number of hydrogen-bond acceptors (Lipinski definition) is 35. The molecular weight excluding hydrogens is 1860 g/mol. The van der Waals surface area contributed by atoms with Gasteiger partial charge in [-0.15, -0.1) is 56.7 Å². The lowest BCUT2D eigenvalue weighted by molar-refractivity contribution is 0.101. The van der Waals surface area contributed by atoms with Crippen LogP contribution in [0.5, 0.6) is 17.2 Å². The third kappa shape index (κ3) is 19.7. The molecule has 3 saturated carbocycles. The molecule has 0 unspecified atom stereocenters. The van der Waals surface area contributed by atoms with E-state index in [4.69, 9.17) is 89.3 Å². The lowest BCUT2D eigenvalue weighted by Gasteiger charge is -2.13. The highest BCUT2D eigenvalue weighted by molar-refractivity contribution is 7.23. The van der Waals surface area contributed by atoms with Crippen LogP contribution in [0.15, 0.2) is 91.0 Å². The number of thiophene rings is 5. The number of hydrogen-bond donors (Lipinski definition) is 12. The summed E-state index contributed by atoms with van der Waals surface area (Å²) in [6, 6.07) is 24.2. The van der Waals surface area contributed by atoms with Crippen molar-refractivity contribution in [1.82, 2.24) is 49.8 Å². The first-order chi connectivity index (χ1) is 62.2. The highest BCUT2D eigenvalue weighted by atomic mass is 35.5. The van der Waals surface area contributed by atoms with Gasteiger partial charge in [0.15, 0.2) is 40.5 Å². The Morgan fingerprint density at radius 3 is 1.02 bits per heavy atom. The fraction of sp³-hybridized carbons (Fsp3) is 0.261. The quantitative estimate of drug-likeness (QED) is 0.0297. The third-order valence-electron chi connectivity index (χ3n) is 21.1. The molecule has 0 bridgehead atoms. The largest absolute Gasteiger partial charge is 0.508 e. The van der Waals surface area contributed by atoms with Crippen LogP contribution in [0.1, 0.15) is 134 Å². The van der Waals surface area contributed by atoms with Crippen LogP contribution in [-0.4, -0.2) is 153 Å². The average molecular weight is 1940 g/mol. The number of nitrogens with zero attached hydrogens (tertiary/aromatic N) is 10. The van der Waals surface area contributed by atoms with E-state index >= 15 is 0 Å². The van der Waals surface area contributed by atoms with Gasteiger partial charge in [0.2, 0.25) is 29.7 Å². The normalized spacial score (nSPS) is 15.1. The van der Waals surface area contributed by atoms with Crippen LogP contribution in [0.3, 0.4) is 0 Å². The van der Waals surface area contributed by atoms with Gasteiger partial charge in [-0.25, -0.2) is 63.0 Å². The van der Waals surface area contributed by atoms with Crippen LogP contribution >= 0.6 is 103 Å². The summed E-state index contributed by atoms with van der Waals surface area (Å²) in [5, 5.41) is 40.1. The first-order valence-electron chi connectivity index (χ1n) is 40.5. The van der Waals surface area contributed by atoms with E-state index in [1.54, 1.807) is 36.4 Å². The first-order valence-corrected chi connectivity index (χ1v) is 46.1. The van der Waals surface area contributed by atoms with Crippen molar-refractivity contribution < 1.29 is 61.6 Å². The number of aromatic nitrogens is 10. The number of aromatic hydroxyl groups is 2. The van der Waals surface area contributed by atoms with Crippen LogP contribution in [0, 0.1) is 17.5 Å². The molecule has 3 aliphatic carbocycles. The second-order valence-corrected chi connectivity index (χ2v) is 37.6. The molecule has 2 atom stereocenters. The Balaban J connectivity index is 0.000000119. The summed E-state index contributed by atoms with van der Waals surface area (Å²) in [6.07, 6.45) is 7.99. The second kappa shape index (κ2) is 38.2. The molecule has 12 heterocycles. The van der Waals surface area contributed by atoms with Gasteiger partial charge in [-0.05, 0) is 124 Å². The van der Waals surface area contributed by atoms with Crippen molar-refractivity contribution in [3.05, 3.63) is 153 Å². The summed E-state index contributed by atoms with van der Waals surface area (Å²) >= 11 is 30.5. The van der Waals surface area contributed by atoms with Crippen molar-refractivity contribution in [3.8, 4) is 73.5 Å². The van der Waals surface area contributed by atoms with E-state index in [0.717, 1.165) is 85.2 Å². The van der Waals surface area contributed by atoms with Gasteiger partial charge in [-0.2, -0.15) is 0 Å². The fourth-order valence-electron chi connectivity index (χ4n) is 14.1. The van der Waals surface area contributed by atoms with E-state index < -0.39 is 23.2 Å². The van der Waals surface area contributed by atoms with Crippen LogP contribution in [0.25, 0.3) is 107 Å². The summed E-state index contributed by atoms with van der Waals surface area (Å²) < 4.78 is 59.5. The number of nitrogens with one attached hydrogen (secondary N) is 5. The van der Waals surface area contributed by atoms with Crippen molar-refractivity contribution in [2.45, 2.75) is 116 Å². The second-order valence-electron chi connectivity index (χ2n) is 31.0. The maximum atomic E-state index is 14.6. The van der Waals surface area contributed by atoms with Gasteiger partial charge in [0.1, 0.15) is 47.3 Å². The number of anilines is 10. The number of nitrogen functional groups attached to an aromatic ring is 5. The maximum Gasteiger partial charge on any atom is 0.224 e. The number of ether oxygens (including phenoxy) is 3. The molecule has 0 radical (unpaired) electrons. The predicted octanol–water partition coefficient (Wildman–Crippen LogP) is 20.3. The van der Waals surface area contributed by atoms with E-state index in [2.05, 4.69) is 76.4 Å². The Bertz CT molecular complexity index is 6800. The number of carbonyl (C=O) groups is 5. The molecule has 30 nitrogen and oxygen atoms in total. The summed E-state index contributed by atoms with van der Waals surface area (Å²) in [6.45, 7) is 9.90. The van der Waals surface area contributed by atoms with E-state index in [9.17, 15) is 47.4 Å². The lowest BCUT2D eigenvalue weighted by Crippen LogP contribution is -2.20. The number of benzene rings is 5. The molecule has 42 heteroatoms. The zero-order valence-corrected chi connectivity index (χ0v) is 76.8. The van der Waals surface area contributed by atoms with Crippen molar-refractivity contribution in [2.75, 3.05) is 88.8 Å². The van der Waals surface area contributed by atoms with Crippen molar-refractivity contribution in [3.63, 3.8) is 0 Å². The monoisotopic (exact) mass is 1930 g/mol. The van der Waals surface area contributed by atoms with E-state index in [1.165, 1.54) is 118 Å². The third-order valence-corrected chi connectivity index (χ3v) is 28.5. The Morgan fingerprint density at radius 2 is 0.700 bits per heavy atom. The van der Waals surface area contributed by atoms with Crippen LogP contribution in [0.4, 0.5) is 71.3 Å². The summed E-state index contributed by atoms with van der Waals surface area (Å²) in [7, 11) is 1.51. The SMILES string of the molecule is CC(=O)c1sc2nc(NC3CC3)nc(-c3cc(O)ccc3F)c2c1N.CC(=O)c1sc2nc(NC3CC3)nc(-c3cccc(O)c3F)c2c1N.CC(=O)c1sc2nc(N[C@@H]3CCOC3)nc(-c3ccc(Cl)c(Cl)c3)c2c1N.CC(=O)c1sc2nc(N[C@H]3CCOC3)nc(-c3ccc(Cl)c(Cl)c3)c2c1N.COc1ccc(F)c(-c2nc(NC3CC3)nc3sc(C(C)=O)c(N)c23)c1. The number of halogens is 7.